The molecular weight excluding hydrogens is 328 g/mol. The molecule has 0 saturated carbocycles. The predicted molar refractivity (Wildman–Crippen MR) is 91.0 cm³/mol. The van der Waals surface area contributed by atoms with Crippen molar-refractivity contribution in [1.29, 1.82) is 0 Å². The van der Waals surface area contributed by atoms with Crippen LogP contribution in [0.1, 0.15) is 27.9 Å². The summed E-state index contributed by atoms with van der Waals surface area (Å²) in [6.07, 6.45) is 3.31. The van der Waals surface area contributed by atoms with E-state index in [1.165, 1.54) is 17.2 Å². The molecule has 124 valence electrons. The van der Waals surface area contributed by atoms with E-state index in [-0.39, 0.29) is 6.61 Å². The van der Waals surface area contributed by atoms with Crippen LogP contribution in [0.15, 0.2) is 42.5 Å². The number of ether oxygens (including phenoxy) is 1. The number of fused-ring (bicyclic) bond motifs is 1. The Hall–Kier alpha value is -2.53. The van der Waals surface area contributed by atoms with Gasteiger partial charge in [0.25, 0.3) is 11.8 Å². The highest BCUT2D eigenvalue weighted by Crippen LogP contribution is 2.25. The van der Waals surface area contributed by atoms with Gasteiger partial charge in [0.15, 0.2) is 6.61 Å². The van der Waals surface area contributed by atoms with Crippen molar-refractivity contribution in [2.24, 2.45) is 0 Å². The van der Waals surface area contributed by atoms with Crippen molar-refractivity contribution >= 4 is 23.4 Å². The summed E-state index contributed by atoms with van der Waals surface area (Å²) in [6.45, 7) is -0.172. The van der Waals surface area contributed by atoms with Crippen LogP contribution in [0.2, 0.25) is 5.02 Å². The highest BCUT2D eigenvalue weighted by atomic mass is 35.5. The van der Waals surface area contributed by atoms with E-state index in [0.29, 0.717) is 16.3 Å². The van der Waals surface area contributed by atoms with Crippen LogP contribution in [0.3, 0.4) is 0 Å². The Bertz CT molecular complexity index is 777. The number of halogens is 1. The van der Waals surface area contributed by atoms with Crippen LogP contribution in [-0.4, -0.2) is 18.4 Å². The van der Waals surface area contributed by atoms with E-state index < -0.39 is 11.8 Å². The first-order valence-corrected chi connectivity index (χ1v) is 8.09. The molecule has 24 heavy (non-hydrogen) atoms. The fourth-order valence-corrected chi connectivity index (χ4v) is 2.84. The molecule has 2 N–H and O–H groups in total. The summed E-state index contributed by atoms with van der Waals surface area (Å²) in [4.78, 5) is 23.7. The zero-order valence-electron chi connectivity index (χ0n) is 13.0. The fraction of sp³-hybridized carbons (Fsp3) is 0.222. The first kappa shape index (κ1) is 16.3. The van der Waals surface area contributed by atoms with Crippen LogP contribution in [0.25, 0.3) is 0 Å². The van der Waals surface area contributed by atoms with Crippen LogP contribution < -0.4 is 15.6 Å². The maximum Gasteiger partial charge on any atom is 0.276 e. The van der Waals surface area contributed by atoms with Crippen LogP contribution in [0.4, 0.5) is 0 Å². The van der Waals surface area contributed by atoms with Gasteiger partial charge in [-0.15, -0.1) is 0 Å². The van der Waals surface area contributed by atoms with Crippen molar-refractivity contribution in [2.45, 2.75) is 19.3 Å². The molecule has 5 nitrogen and oxygen atoms in total. The normalized spacial score (nSPS) is 12.4. The van der Waals surface area contributed by atoms with Gasteiger partial charge >= 0.3 is 0 Å². The second-order valence-electron chi connectivity index (χ2n) is 5.59. The molecule has 0 saturated heterocycles. The Balaban J connectivity index is 1.47. The van der Waals surface area contributed by atoms with Gasteiger partial charge in [-0.25, -0.2) is 0 Å². The number of nitrogens with one attached hydrogen (secondary N) is 2. The molecule has 6 heteroatoms. The van der Waals surface area contributed by atoms with Crippen LogP contribution in [0.5, 0.6) is 5.75 Å². The lowest BCUT2D eigenvalue weighted by Crippen LogP contribution is -2.43. The summed E-state index contributed by atoms with van der Waals surface area (Å²) in [5, 5.41) is 0.453. The van der Waals surface area contributed by atoms with Crippen molar-refractivity contribution in [1.82, 2.24) is 10.9 Å². The molecule has 0 atom stereocenters. The third-order valence-corrected chi connectivity index (χ3v) is 4.08. The van der Waals surface area contributed by atoms with E-state index in [9.17, 15) is 9.59 Å². The highest BCUT2D eigenvalue weighted by Gasteiger charge is 2.12. The van der Waals surface area contributed by atoms with E-state index in [4.69, 9.17) is 16.3 Å². The molecule has 0 heterocycles. The summed E-state index contributed by atoms with van der Waals surface area (Å²) < 4.78 is 5.47. The van der Waals surface area contributed by atoms with Crippen LogP contribution in [-0.2, 0) is 17.6 Å². The highest BCUT2D eigenvalue weighted by molar-refractivity contribution is 6.30. The van der Waals surface area contributed by atoms with Crippen LogP contribution >= 0.6 is 11.6 Å². The van der Waals surface area contributed by atoms with Gasteiger partial charge in [0, 0.05) is 10.6 Å². The average molecular weight is 345 g/mol. The number of benzene rings is 2. The molecule has 1 aliphatic rings. The van der Waals surface area contributed by atoms with Crippen molar-refractivity contribution in [2.75, 3.05) is 6.61 Å². The zero-order valence-corrected chi connectivity index (χ0v) is 13.7. The van der Waals surface area contributed by atoms with Gasteiger partial charge in [0.1, 0.15) is 5.75 Å². The summed E-state index contributed by atoms with van der Waals surface area (Å²) in [5.41, 5.74) is 7.63. The summed E-state index contributed by atoms with van der Waals surface area (Å²) in [6, 6.07) is 12.3. The minimum absolute atomic E-state index is 0.172. The lowest BCUT2D eigenvalue weighted by atomic mass is 10.1. The lowest BCUT2D eigenvalue weighted by molar-refractivity contribution is -0.123. The molecule has 0 fully saturated rings. The number of carbonyl (C=O) groups excluding carboxylic acids is 2. The smallest absolute Gasteiger partial charge is 0.276 e. The van der Waals surface area contributed by atoms with E-state index in [2.05, 4.69) is 10.9 Å². The van der Waals surface area contributed by atoms with Crippen LogP contribution in [0, 0.1) is 0 Å². The van der Waals surface area contributed by atoms with E-state index in [1.54, 1.807) is 18.2 Å². The molecule has 2 aromatic carbocycles. The molecule has 1 aliphatic carbocycles. The van der Waals surface area contributed by atoms with Gasteiger partial charge < -0.3 is 4.74 Å². The summed E-state index contributed by atoms with van der Waals surface area (Å²) >= 11 is 5.82. The quantitative estimate of drug-likeness (QED) is 0.838. The van der Waals surface area contributed by atoms with E-state index in [0.717, 1.165) is 19.3 Å². The number of hydrazine groups is 1. The SMILES string of the molecule is O=C(COc1ccc2c(c1)CCC2)NNC(=O)c1cccc(Cl)c1. The molecule has 0 radical (unpaired) electrons. The molecule has 0 unspecified atom stereocenters. The molecule has 3 rings (SSSR count). The monoisotopic (exact) mass is 344 g/mol. The third-order valence-electron chi connectivity index (χ3n) is 3.84. The van der Waals surface area contributed by atoms with Gasteiger partial charge in [-0.2, -0.15) is 0 Å². The van der Waals surface area contributed by atoms with Crippen molar-refractivity contribution in [3.63, 3.8) is 0 Å². The van der Waals surface area contributed by atoms with Crippen molar-refractivity contribution < 1.29 is 14.3 Å². The molecule has 0 aromatic heterocycles. The van der Waals surface area contributed by atoms with Gasteiger partial charge in [-0.1, -0.05) is 23.7 Å². The van der Waals surface area contributed by atoms with E-state index >= 15 is 0 Å². The minimum Gasteiger partial charge on any atom is -0.484 e. The molecule has 0 aliphatic heterocycles. The van der Waals surface area contributed by atoms with Crippen molar-refractivity contribution in [3.05, 3.63) is 64.2 Å². The zero-order chi connectivity index (χ0) is 16.9. The molecule has 0 spiro atoms. The molecule has 2 aromatic rings. The van der Waals surface area contributed by atoms with E-state index in [1.807, 2.05) is 18.2 Å². The number of aryl methyl sites for hydroxylation is 2. The summed E-state index contributed by atoms with van der Waals surface area (Å²) in [7, 11) is 0. The number of rotatable bonds is 4. The minimum atomic E-state index is -0.441. The topological polar surface area (TPSA) is 67.4 Å². The fourth-order valence-electron chi connectivity index (χ4n) is 2.65. The predicted octanol–water partition coefficient (Wildman–Crippen LogP) is 2.67. The average Bonchev–Trinajstić information content (AvgIpc) is 3.05. The first-order chi connectivity index (χ1) is 11.6. The number of carbonyl (C=O) groups is 2. The largest absolute Gasteiger partial charge is 0.484 e. The first-order valence-electron chi connectivity index (χ1n) is 7.71. The van der Waals surface area contributed by atoms with Crippen molar-refractivity contribution in [3.8, 4) is 5.75 Å². The second kappa shape index (κ2) is 7.36. The van der Waals surface area contributed by atoms with Gasteiger partial charge in [0.2, 0.25) is 0 Å². The maximum atomic E-state index is 11.9. The number of amides is 2. The summed E-state index contributed by atoms with van der Waals surface area (Å²) in [5.74, 6) is -0.221. The Kier molecular flexibility index (Phi) is 5.01. The number of hydrogen-bond acceptors (Lipinski definition) is 3. The van der Waals surface area contributed by atoms with Gasteiger partial charge in [-0.05, 0) is 60.7 Å². The third kappa shape index (κ3) is 4.06. The lowest BCUT2D eigenvalue weighted by Gasteiger charge is -2.10. The molecule has 2 amide bonds. The molecular formula is C18H17ClN2O3. The maximum absolute atomic E-state index is 11.9. The van der Waals surface area contributed by atoms with Gasteiger partial charge in [0.05, 0.1) is 0 Å². The second-order valence-corrected chi connectivity index (χ2v) is 6.02. The standard InChI is InChI=1S/C18H17ClN2O3/c19-15-6-2-5-14(9-15)18(23)21-20-17(22)11-24-16-8-7-12-3-1-4-13(12)10-16/h2,5-10H,1,3-4,11H2,(H,20,22)(H,21,23). The van der Waals surface area contributed by atoms with Gasteiger partial charge in [-0.3, -0.25) is 20.4 Å². The Morgan fingerprint density at radius 3 is 2.71 bits per heavy atom. The Labute approximate surface area is 144 Å². The number of hydrogen-bond donors (Lipinski definition) is 2. The Morgan fingerprint density at radius 1 is 1.04 bits per heavy atom. The molecule has 0 bridgehead atoms. The Morgan fingerprint density at radius 2 is 1.88 bits per heavy atom.